The molecule has 110 valence electrons. The highest BCUT2D eigenvalue weighted by Gasteiger charge is 2.23. The van der Waals surface area contributed by atoms with E-state index in [9.17, 15) is 9.59 Å². The van der Waals surface area contributed by atoms with Gasteiger partial charge >= 0.3 is 0 Å². The van der Waals surface area contributed by atoms with Crippen molar-refractivity contribution in [2.24, 2.45) is 10.8 Å². The number of nitrogens with zero attached hydrogens (tertiary/aromatic N) is 2. The number of rotatable bonds is 3. The molecule has 0 saturated carbocycles. The molecule has 21 heavy (non-hydrogen) atoms. The molecule has 1 aromatic carbocycles. The van der Waals surface area contributed by atoms with Gasteiger partial charge in [-0.3, -0.25) is 20.4 Å². The molecule has 0 bridgehead atoms. The molecule has 0 aromatic heterocycles. The first-order chi connectivity index (χ1) is 10.1. The third-order valence-corrected chi connectivity index (χ3v) is 2.93. The average molecular weight is 305 g/mol. The fourth-order valence-electron chi connectivity index (χ4n) is 1.87. The largest absolute Gasteiger partial charge is 0.375 e. The summed E-state index contributed by atoms with van der Waals surface area (Å²) in [6, 6.07) is 9.54. The average Bonchev–Trinajstić information content (AvgIpc) is 2.48. The van der Waals surface area contributed by atoms with Crippen molar-refractivity contribution >= 4 is 34.9 Å². The monoisotopic (exact) mass is 305 g/mol. The Labute approximate surface area is 127 Å². The van der Waals surface area contributed by atoms with Gasteiger partial charge in [0.15, 0.2) is 5.11 Å². The van der Waals surface area contributed by atoms with E-state index in [-0.39, 0.29) is 17.6 Å². The summed E-state index contributed by atoms with van der Waals surface area (Å²) in [4.78, 5) is 23.5. The van der Waals surface area contributed by atoms with Crippen LogP contribution >= 0.6 is 12.2 Å². The second-order valence-corrected chi connectivity index (χ2v) is 4.84. The van der Waals surface area contributed by atoms with Crippen LogP contribution in [-0.2, 0) is 9.59 Å². The molecule has 0 spiro atoms. The molecule has 8 heteroatoms. The summed E-state index contributed by atoms with van der Waals surface area (Å²) in [5.41, 5.74) is 11.5. The minimum atomic E-state index is -0.450. The molecule has 1 aromatic rings. The Bertz CT molecular complexity index is 587. The number of hydrazine groups is 1. The predicted molar refractivity (Wildman–Crippen MR) is 82.0 cm³/mol. The Balaban J connectivity index is 2.05. The van der Waals surface area contributed by atoms with E-state index in [4.69, 9.17) is 5.73 Å². The van der Waals surface area contributed by atoms with E-state index in [1.165, 1.54) is 0 Å². The van der Waals surface area contributed by atoms with Gasteiger partial charge in [-0.25, -0.2) is 5.01 Å². The van der Waals surface area contributed by atoms with Gasteiger partial charge in [-0.05, 0) is 17.8 Å². The van der Waals surface area contributed by atoms with Gasteiger partial charge in [-0.2, -0.15) is 5.10 Å². The molecule has 0 atom stereocenters. The third-order valence-electron chi connectivity index (χ3n) is 2.83. The number of nitrogens with two attached hydrogens (primary N) is 1. The van der Waals surface area contributed by atoms with Crippen LogP contribution in [0.5, 0.6) is 0 Å². The number of amides is 2. The Morgan fingerprint density at radius 3 is 2.67 bits per heavy atom. The normalized spacial score (nSPS) is 14.4. The zero-order valence-electron chi connectivity index (χ0n) is 11.2. The van der Waals surface area contributed by atoms with Crippen LogP contribution < -0.4 is 16.6 Å². The van der Waals surface area contributed by atoms with Gasteiger partial charge in [-0.15, -0.1) is 0 Å². The highest BCUT2D eigenvalue weighted by atomic mass is 32.1. The molecule has 1 heterocycles. The van der Waals surface area contributed by atoms with E-state index < -0.39 is 5.91 Å². The quantitative estimate of drug-likeness (QED) is 0.534. The third kappa shape index (κ3) is 4.25. The van der Waals surface area contributed by atoms with E-state index in [1.54, 1.807) is 0 Å². The van der Waals surface area contributed by atoms with E-state index in [1.807, 2.05) is 30.3 Å². The van der Waals surface area contributed by atoms with Gasteiger partial charge in [0.25, 0.3) is 5.91 Å². The van der Waals surface area contributed by atoms with Crippen molar-refractivity contribution in [3.63, 3.8) is 0 Å². The smallest absolute Gasteiger partial charge is 0.260 e. The van der Waals surface area contributed by atoms with E-state index >= 15 is 0 Å². The van der Waals surface area contributed by atoms with Crippen LogP contribution in [0.4, 0.5) is 0 Å². The van der Waals surface area contributed by atoms with Gasteiger partial charge < -0.3 is 5.73 Å². The second kappa shape index (κ2) is 6.80. The second-order valence-electron chi connectivity index (χ2n) is 4.40. The molecule has 0 saturated heterocycles. The van der Waals surface area contributed by atoms with Crippen LogP contribution in [0.3, 0.4) is 0 Å². The zero-order chi connectivity index (χ0) is 15.2. The van der Waals surface area contributed by atoms with Gasteiger partial charge in [0.05, 0.1) is 5.71 Å². The van der Waals surface area contributed by atoms with E-state index in [0.717, 1.165) is 16.3 Å². The number of thiocarbonyl (C=S) groups is 1. The van der Waals surface area contributed by atoms with Crippen molar-refractivity contribution in [1.82, 2.24) is 15.9 Å². The van der Waals surface area contributed by atoms with E-state index in [0.29, 0.717) is 12.8 Å². The fraction of sp³-hybridized carbons (Fsp3) is 0.231. The Morgan fingerprint density at radius 2 is 2.00 bits per heavy atom. The Hall–Kier alpha value is -2.48. The number of carbonyl (C=O) groups is 2. The minimum Gasteiger partial charge on any atom is -0.375 e. The molecule has 1 aliphatic heterocycles. The summed E-state index contributed by atoms with van der Waals surface area (Å²) in [6.07, 6.45) is 0.885. The lowest BCUT2D eigenvalue weighted by Crippen LogP contribution is -2.48. The maximum absolute atomic E-state index is 11.8. The first-order valence-electron chi connectivity index (χ1n) is 6.34. The van der Waals surface area contributed by atoms with Crippen molar-refractivity contribution in [2.75, 3.05) is 6.54 Å². The van der Waals surface area contributed by atoms with Crippen molar-refractivity contribution in [3.05, 3.63) is 35.9 Å². The summed E-state index contributed by atoms with van der Waals surface area (Å²) in [6.45, 7) is -0.190. The van der Waals surface area contributed by atoms with Crippen LogP contribution in [0.15, 0.2) is 35.4 Å². The number of benzene rings is 1. The standard InChI is InChI=1S/C13H15N5O2S/c14-13(21)16-15-11(19)8-18-12(20)7-6-10(17-18)9-4-2-1-3-5-9/h1-5H,6-8H2,(H,15,19)(H3,14,16,21). The van der Waals surface area contributed by atoms with Crippen LogP contribution in [-0.4, -0.2) is 34.2 Å². The van der Waals surface area contributed by atoms with Gasteiger partial charge in [0, 0.05) is 12.8 Å². The van der Waals surface area contributed by atoms with Crippen LogP contribution in [0.25, 0.3) is 0 Å². The first kappa shape index (κ1) is 14.9. The lowest BCUT2D eigenvalue weighted by Gasteiger charge is -2.23. The topological polar surface area (TPSA) is 99.8 Å². The van der Waals surface area contributed by atoms with Crippen LogP contribution in [0.1, 0.15) is 18.4 Å². The fourth-order valence-corrected chi connectivity index (χ4v) is 1.92. The molecular weight excluding hydrogens is 290 g/mol. The van der Waals surface area contributed by atoms with Crippen molar-refractivity contribution < 1.29 is 9.59 Å². The Morgan fingerprint density at radius 1 is 1.29 bits per heavy atom. The lowest BCUT2D eigenvalue weighted by atomic mass is 10.0. The molecule has 0 fully saturated rings. The molecule has 0 aliphatic carbocycles. The predicted octanol–water partition coefficient (Wildman–Crippen LogP) is -0.122. The molecule has 1 aliphatic rings. The summed E-state index contributed by atoms with van der Waals surface area (Å²) in [7, 11) is 0. The zero-order valence-corrected chi connectivity index (χ0v) is 12.0. The van der Waals surface area contributed by atoms with Gasteiger partial charge in [-0.1, -0.05) is 30.3 Å². The molecule has 7 nitrogen and oxygen atoms in total. The Kier molecular flexibility index (Phi) is 4.83. The number of carbonyl (C=O) groups excluding carboxylic acids is 2. The van der Waals surface area contributed by atoms with Crippen LogP contribution in [0.2, 0.25) is 0 Å². The molecule has 0 unspecified atom stereocenters. The highest BCUT2D eigenvalue weighted by Crippen LogP contribution is 2.14. The van der Waals surface area contributed by atoms with Crippen molar-refractivity contribution in [1.29, 1.82) is 0 Å². The first-order valence-corrected chi connectivity index (χ1v) is 6.74. The lowest BCUT2D eigenvalue weighted by molar-refractivity contribution is -0.136. The molecule has 2 amide bonds. The summed E-state index contributed by atoms with van der Waals surface area (Å²) in [5.74, 6) is -0.644. The van der Waals surface area contributed by atoms with Gasteiger partial charge in [0.2, 0.25) is 5.91 Å². The maximum atomic E-state index is 11.8. The molecule has 0 radical (unpaired) electrons. The highest BCUT2D eigenvalue weighted by molar-refractivity contribution is 7.80. The number of hydrazone groups is 1. The summed E-state index contributed by atoms with van der Waals surface area (Å²) >= 11 is 4.57. The number of hydrogen-bond donors (Lipinski definition) is 3. The maximum Gasteiger partial charge on any atom is 0.260 e. The SMILES string of the molecule is NC(=S)NNC(=O)CN1N=C(c2ccccc2)CCC1=O. The minimum absolute atomic E-state index is 0.0539. The summed E-state index contributed by atoms with van der Waals surface area (Å²) in [5, 5.41) is 5.35. The van der Waals surface area contributed by atoms with E-state index in [2.05, 4.69) is 28.2 Å². The molecular formula is C13H15N5O2S. The van der Waals surface area contributed by atoms with Gasteiger partial charge in [0.1, 0.15) is 6.54 Å². The molecule has 2 rings (SSSR count). The molecule has 4 N–H and O–H groups in total. The number of nitrogens with one attached hydrogen (secondary N) is 2. The summed E-state index contributed by atoms with van der Waals surface area (Å²) < 4.78 is 0. The van der Waals surface area contributed by atoms with Crippen molar-refractivity contribution in [3.8, 4) is 0 Å². The number of hydrogen-bond acceptors (Lipinski definition) is 4. The van der Waals surface area contributed by atoms with Crippen LogP contribution in [0, 0.1) is 0 Å². The van der Waals surface area contributed by atoms with Crippen molar-refractivity contribution in [2.45, 2.75) is 12.8 Å².